The first-order chi connectivity index (χ1) is 9.11. The second kappa shape index (κ2) is 5.80. The SMILES string of the molecule is COc1cccc(CC(O)c2ccc(C)cn2)c1F. The minimum Gasteiger partial charge on any atom is -0.494 e. The van der Waals surface area contributed by atoms with Gasteiger partial charge in [-0.2, -0.15) is 0 Å². The van der Waals surface area contributed by atoms with Crippen LogP contribution in [0.3, 0.4) is 0 Å². The van der Waals surface area contributed by atoms with Crippen molar-refractivity contribution in [2.45, 2.75) is 19.4 Å². The van der Waals surface area contributed by atoms with Crippen molar-refractivity contribution in [1.82, 2.24) is 4.98 Å². The summed E-state index contributed by atoms with van der Waals surface area (Å²) in [6.45, 7) is 1.92. The van der Waals surface area contributed by atoms with E-state index in [2.05, 4.69) is 4.98 Å². The Labute approximate surface area is 111 Å². The molecule has 1 N–H and O–H groups in total. The molecule has 2 aromatic rings. The molecule has 0 saturated heterocycles. The summed E-state index contributed by atoms with van der Waals surface area (Å²) in [7, 11) is 1.42. The van der Waals surface area contributed by atoms with E-state index in [1.807, 2.05) is 13.0 Å². The summed E-state index contributed by atoms with van der Waals surface area (Å²) in [6.07, 6.45) is 1.02. The fraction of sp³-hybridized carbons (Fsp3) is 0.267. The Bertz CT molecular complexity index is 555. The van der Waals surface area contributed by atoms with Gasteiger partial charge in [-0.15, -0.1) is 0 Å². The third-order valence-corrected chi connectivity index (χ3v) is 2.95. The number of ether oxygens (including phenoxy) is 1. The number of benzene rings is 1. The molecule has 100 valence electrons. The van der Waals surface area contributed by atoms with E-state index in [1.54, 1.807) is 30.5 Å². The average molecular weight is 261 g/mol. The molecule has 0 aliphatic heterocycles. The van der Waals surface area contributed by atoms with E-state index in [9.17, 15) is 9.50 Å². The van der Waals surface area contributed by atoms with Crippen LogP contribution >= 0.6 is 0 Å². The van der Waals surface area contributed by atoms with Gasteiger partial charge in [0.05, 0.1) is 12.8 Å². The van der Waals surface area contributed by atoms with Gasteiger partial charge >= 0.3 is 0 Å². The fourth-order valence-electron chi connectivity index (χ4n) is 1.86. The summed E-state index contributed by atoms with van der Waals surface area (Å²) in [5.41, 5.74) is 1.96. The highest BCUT2D eigenvalue weighted by Crippen LogP contribution is 2.24. The second-order valence-electron chi connectivity index (χ2n) is 4.41. The van der Waals surface area contributed by atoms with Crippen molar-refractivity contribution >= 4 is 0 Å². The van der Waals surface area contributed by atoms with Gasteiger partial charge in [0.25, 0.3) is 0 Å². The lowest BCUT2D eigenvalue weighted by Gasteiger charge is -2.12. The van der Waals surface area contributed by atoms with Crippen molar-refractivity contribution in [3.63, 3.8) is 0 Å². The van der Waals surface area contributed by atoms with Crippen molar-refractivity contribution in [2.24, 2.45) is 0 Å². The predicted octanol–water partition coefficient (Wildman–Crippen LogP) is 2.81. The number of aryl methyl sites for hydroxylation is 1. The zero-order valence-corrected chi connectivity index (χ0v) is 10.9. The van der Waals surface area contributed by atoms with Crippen LogP contribution in [-0.2, 0) is 6.42 Å². The molecule has 1 heterocycles. The monoisotopic (exact) mass is 261 g/mol. The average Bonchev–Trinajstić information content (AvgIpc) is 2.42. The van der Waals surface area contributed by atoms with Crippen LogP contribution in [0.2, 0.25) is 0 Å². The number of methoxy groups -OCH3 is 1. The molecule has 0 aliphatic rings. The Morgan fingerprint density at radius 3 is 2.74 bits per heavy atom. The van der Waals surface area contributed by atoms with E-state index < -0.39 is 11.9 Å². The van der Waals surface area contributed by atoms with Gasteiger partial charge in [-0.25, -0.2) is 4.39 Å². The zero-order chi connectivity index (χ0) is 13.8. The maximum absolute atomic E-state index is 14.0. The van der Waals surface area contributed by atoms with Crippen molar-refractivity contribution in [2.75, 3.05) is 7.11 Å². The minimum absolute atomic E-state index is 0.166. The highest BCUT2D eigenvalue weighted by Gasteiger charge is 2.15. The zero-order valence-electron chi connectivity index (χ0n) is 10.9. The van der Waals surface area contributed by atoms with Crippen LogP contribution in [0.25, 0.3) is 0 Å². The van der Waals surface area contributed by atoms with Crippen LogP contribution in [0.15, 0.2) is 36.5 Å². The first-order valence-corrected chi connectivity index (χ1v) is 6.04. The Hall–Kier alpha value is -1.94. The van der Waals surface area contributed by atoms with Crippen molar-refractivity contribution in [3.05, 3.63) is 59.2 Å². The van der Waals surface area contributed by atoms with Gasteiger partial charge in [0, 0.05) is 12.6 Å². The standard InChI is InChI=1S/C15H16FNO2/c1-10-6-7-12(17-9-10)13(18)8-11-4-3-5-14(19-2)15(11)16/h3-7,9,13,18H,8H2,1-2H3. The van der Waals surface area contributed by atoms with Crippen LogP contribution in [0.5, 0.6) is 5.75 Å². The van der Waals surface area contributed by atoms with E-state index in [0.717, 1.165) is 5.56 Å². The number of aromatic nitrogens is 1. The summed E-state index contributed by atoms with van der Waals surface area (Å²) in [4.78, 5) is 4.14. The van der Waals surface area contributed by atoms with Gasteiger partial charge in [-0.3, -0.25) is 4.98 Å². The molecular weight excluding hydrogens is 245 g/mol. The third-order valence-electron chi connectivity index (χ3n) is 2.95. The highest BCUT2D eigenvalue weighted by molar-refractivity contribution is 5.32. The molecule has 0 bridgehead atoms. The van der Waals surface area contributed by atoms with Gasteiger partial charge in [0.15, 0.2) is 11.6 Å². The molecule has 0 saturated carbocycles. The third kappa shape index (κ3) is 3.09. The molecule has 1 atom stereocenters. The summed E-state index contributed by atoms with van der Waals surface area (Å²) in [5.74, 6) is -0.252. The van der Waals surface area contributed by atoms with Crippen molar-refractivity contribution < 1.29 is 14.2 Å². The van der Waals surface area contributed by atoms with Crippen molar-refractivity contribution in [1.29, 1.82) is 0 Å². The lowest BCUT2D eigenvalue weighted by Crippen LogP contribution is -2.06. The van der Waals surface area contributed by atoms with Gasteiger partial charge in [-0.05, 0) is 30.2 Å². The molecular formula is C15H16FNO2. The molecule has 3 nitrogen and oxygen atoms in total. The molecule has 0 amide bonds. The number of aliphatic hydroxyl groups excluding tert-OH is 1. The lowest BCUT2D eigenvalue weighted by molar-refractivity contribution is 0.172. The first kappa shape index (κ1) is 13.5. The molecule has 2 rings (SSSR count). The molecule has 0 aliphatic carbocycles. The second-order valence-corrected chi connectivity index (χ2v) is 4.41. The van der Waals surface area contributed by atoms with Gasteiger partial charge < -0.3 is 9.84 Å². The van der Waals surface area contributed by atoms with E-state index in [4.69, 9.17) is 4.74 Å². The van der Waals surface area contributed by atoms with Crippen LogP contribution < -0.4 is 4.74 Å². The van der Waals surface area contributed by atoms with E-state index in [0.29, 0.717) is 11.3 Å². The Kier molecular flexibility index (Phi) is 4.12. The summed E-state index contributed by atoms with van der Waals surface area (Å²) < 4.78 is 18.9. The quantitative estimate of drug-likeness (QED) is 0.920. The van der Waals surface area contributed by atoms with Gasteiger partial charge in [-0.1, -0.05) is 18.2 Å². The summed E-state index contributed by atoms with van der Waals surface area (Å²) in [5, 5.41) is 10.1. The van der Waals surface area contributed by atoms with E-state index in [1.165, 1.54) is 7.11 Å². The Balaban J connectivity index is 2.19. The van der Waals surface area contributed by atoms with E-state index in [-0.39, 0.29) is 12.2 Å². The number of hydrogen-bond donors (Lipinski definition) is 1. The molecule has 1 unspecified atom stereocenters. The Morgan fingerprint density at radius 2 is 2.11 bits per heavy atom. The van der Waals surface area contributed by atoms with Crippen molar-refractivity contribution in [3.8, 4) is 5.75 Å². The number of pyridine rings is 1. The maximum Gasteiger partial charge on any atom is 0.168 e. The number of hydrogen-bond acceptors (Lipinski definition) is 3. The smallest absolute Gasteiger partial charge is 0.168 e. The fourth-order valence-corrected chi connectivity index (χ4v) is 1.86. The number of nitrogens with zero attached hydrogens (tertiary/aromatic N) is 1. The molecule has 0 spiro atoms. The first-order valence-electron chi connectivity index (χ1n) is 6.04. The van der Waals surface area contributed by atoms with Crippen LogP contribution in [-0.4, -0.2) is 17.2 Å². The largest absolute Gasteiger partial charge is 0.494 e. The maximum atomic E-state index is 14.0. The summed E-state index contributed by atoms with van der Waals surface area (Å²) >= 11 is 0. The van der Waals surface area contributed by atoms with Crippen LogP contribution in [0.1, 0.15) is 22.9 Å². The molecule has 0 fully saturated rings. The topological polar surface area (TPSA) is 42.4 Å². The summed E-state index contributed by atoms with van der Waals surface area (Å²) in [6, 6.07) is 8.50. The Morgan fingerprint density at radius 1 is 1.32 bits per heavy atom. The lowest BCUT2D eigenvalue weighted by atomic mass is 10.0. The number of aliphatic hydroxyl groups is 1. The minimum atomic E-state index is -0.831. The molecule has 4 heteroatoms. The molecule has 1 aromatic heterocycles. The molecule has 1 aromatic carbocycles. The van der Waals surface area contributed by atoms with Crippen LogP contribution in [0.4, 0.5) is 4.39 Å². The number of halogens is 1. The van der Waals surface area contributed by atoms with Crippen LogP contribution in [0, 0.1) is 12.7 Å². The van der Waals surface area contributed by atoms with Gasteiger partial charge in [0.1, 0.15) is 6.10 Å². The van der Waals surface area contributed by atoms with E-state index >= 15 is 0 Å². The highest BCUT2D eigenvalue weighted by atomic mass is 19.1. The predicted molar refractivity (Wildman–Crippen MR) is 70.6 cm³/mol. The molecule has 19 heavy (non-hydrogen) atoms. The number of rotatable bonds is 4. The molecule has 0 radical (unpaired) electrons. The normalized spacial score (nSPS) is 12.2. The van der Waals surface area contributed by atoms with Gasteiger partial charge in [0.2, 0.25) is 0 Å².